The predicted octanol–water partition coefficient (Wildman–Crippen LogP) is 2.97. The van der Waals surface area contributed by atoms with Gasteiger partial charge in [-0.15, -0.1) is 0 Å². The summed E-state index contributed by atoms with van der Waals surface area (Å²) in [5.41, 5.74) is 2.73. The number of hydrogen-bond donors (Lipinski definition) is 1. The first-order valence-corrected chi connectivity index (χ1v) is 8.16. The maximum atomic E-state index is 4.93. The highest BCUT2D eigenvalue weighted by Crippen LogP contribution is 2.60. The van der Waals surface area contributed by atoms with Gasteiger partial charge in [-0.1, -0.05) is 0 Å². The van der Waals surface area contributed by atoms with Crippen LogP contribution in [0.5, 0.6) is 0 Å². The number of hydrogen-bond acceptors (Lipinski definition) is 3. The van der Waals surface area contributed by atoms with Crippen LogP contribution >= 0.6 is 0 Å². The van der Waals surface area contributed by atoms with E-state index in [9.17, 15) is 0 Å². The van der Waals surface area contributed by atoms with E-state index in [1.54, 1.807) is 0 Å². The molecule has 20 heavy (non-hydrogen) atoms. The van der Waals surface area contributed by atoms with Gasteiger partial charge >= 0.3 is 0 Å². The van der Waals surface area contributed by atoms with Crippen molar-refractivity contribution < 1.29 is 0 Å². The van der Waals surface area contributed by atoms with E-state index in [0.717, 1.165) is 30.1 Å². The second kappa shape index (κ2) is 4.52. The van der Waals surface area contributed by atoms with Gasteiger partial charge < -0.3 is 5.32 Å². The highest BCUT2D eigenvalue weighted by atomic mass is 14.9. The quantitative estimate of drug-likeness (QED) is 0.918. The first-order chi connectivity index (χ1) is 9.68. The molecule has 3 nitrogen and oxygen atoms in total. The van der Waals surface area contributed by atoms with Crippen molar-refractivity contribution in [2.45, 2.75) is 57.4 Å². The molecule has 1 heterocycles. The van der Waals surface area contributed by atoms with E-state index < -0.39 is 0 Å². The summed E-state index contributed by atoms with van der Waals surface area (Å²) in [4.78, 5) is 9.73. The summed E-state index contributed by atoms with van der Waals surface area (Å²) < 4.78 is 0. The van der Waals surface area contributed by atoms with E-state index in [0.29, 0.717) is 5.41 Å². The maximum absolute atomic E-state index is 4.93. The lowest BCUT2D eigenvalue weighted by Crippen LogP contribution is -2.49. The van der Waals surface area contributed by atoms with Gasteiger partial charge in [-0.2, -0.15) is 0 Å². The van der Waals surface area contributed by atoms with E-state index in [-0.39, 0.29) is 0 Å². The van der Waals surface area contributed by atoms with Gasteiger partial charge in [-0.3, -0.25) is 0 Å². The number of aryl methyl sites for hydroxylation is 1. The third-order valence-electron chi connectivity index (χ3n) is 5.96. The SMILES string of the molecule is CNCc1cnc(C23CC4CC(CC(C4)C2)C3)nc1C. The van der Waals surface area contributed by atoms with Crippen LogP contribution in [-0.4, -0.2) is 17.0 Å². The summed E-state index contributed by atoms with van der Waals surface area (Å²) in [5, 5.41) is 3.20. The maximum Gasteiger partial charge on any atom is 0.134 e. The van der Waals surface area contributed by atoms with Gasteiger partial charge in [0.1, 0.15) is 5.82 Å². The van der Waals surface area contributed by atoms with Gasteiger partial charge in [0.25, 0.3) is 0 Å². The van der Waals surface area contributed by atoms with Gasteiger partial charge in [0, 0.05) is 29.4 Å². The average Bonchev–Trinajstić information content (AvgIpc) is 2.39. The second-order valence-electron chi connectivity index (χ2n) is 7.53. The third-order valence-corrected chi connectivity index (χ3v) is 5.96. The Balaban J connectivity index is 1.68. The molecule has 108 valence electrons. The largest absolute Gasteiger partial charge is 0.316 e. The summed E-state index contributed by atoms with van der Waals surface area (Å²) in [7, 11) is 1.98. The molecule has 0 aliphatic heterocycles. The molecule has 0 aromatic carbocycles. The minimum atomic E-state index is 0.331. The van der Waals surface area contributed by atoms with E-state index in [1.807, 2.05) is 7.05 Å². The lowest BCUT2D eigenvalue weighted by atomic mass is 9.49. The Morgan fingerprint density at radius 2 is 1.75 bits per heavy atom. The van der Waals surface area contributed by atoms with Crippen molar-refractivity contribution in [3.8, 4) is 0 Å². The first-order valence-electron chi connectivity index (χ1n) is 8.16. The van der Waals surface area contributed by atoms with Crippen molar-refractivity contribution in [2.75, 3.05) is 7.05 Å². The number of aromatic nitrogens is 2. The highest BCUT2D eigenvalue weighted by Gasteiger charge is 2.53. The average molecular weight is 271 g/mol. The Kier molecular flexibility index (Phi) is 2.88. The molecule has 1 aromatic heterocycles. The van der Waals surface area contributed by atoms with Gasteiger partial charge in [-0.05, 0) is 70.3 Å². The molecule has 4 bridgehead atoms. The molecular weight excluding hydrogens is 246 g/mol. The molecule has 0 unspecified atom stereocenters. The standard InChI is InChI=1S/C17H25N3/c1-11-15(9-18-2)10-19-16(20-11)17-6-12-3-13(7-17)5-14(4-12)8-17/h10,12-14,18H,3-9H2,1-2H3. The van der Waals surface area contributed by atoms with Crippen LogP contribution in [0.25, 0.3) is 0 Å². The molecule has 0 saturated heterocycles. The lowest BCUT2D eigenvalue weighted by molar-refractivity contribution is -0.00949. The molecule has 4 saturated carbocycles. The van der Waals surface area contributed by atoms with Crippen molar-refractivity contribution in [3.05, 3.63) is 23.3 Å². The smallest absolute Gasteiger partial charge is 0.134 e. The van der Waals surface area contributed by atoms with Gasteiger partial charge in [0.15, 0.2) is 0 Å². The molecule has 4 aliphatic carbocycles. The zero-order chi connectivity index (χ0) is 13.7. The van der Waals surface area contributed by atoms with Crippen LogP contribution < -0.4 is 5.32 Å². The van der Waals surface area contributed by atoms with E-state index in [1.165, 1.54) is 49.8 Å². The zero-order valence-electron chi connectivity index (χ0n) is 12.7. The van der Waals surface area contributed by atoms with Crippen LogP contribution in [0.3, 0.4) is 0 Å². The van der Waals surface area contributed by atoms with Crippen molar-refractivity contribution in [1.82, 2.24) is 15.3 Å². The molecule has 0 atom stereocenters. The second-order valence-corrected chi connectivity index (χ2v) is 7.53. The van der Waals surface area contributed by atoms with Crippen LogP contribution in [0.1, 0.15) is 55.6 Å². The minimum absolute atomic E-state index is 0.331. The molecule has 1 aromatic rings. The molecule has 1 N–H and O–H groups in total. The van der Waals surface area contributed by atoms with Gasteiger partial charge in [0.2, 0.25) is 0 Å². The first kappa shape index (κ1) is 12.8. The number of rotatable bonds is 3. The normalized spacial score (nSPS) is 38.4. The summed E-state index contributed by atoms with van der Waals surface area (Å²) >= 11 is 0. The molecule has 3 heteroatoms. The molecule has 5 rings (SSSR count). The molecule has 0 radical (unpaired) electrons. The molecule has 4 fully saturated rings. The monoisotopic (exact) mass is 271 g/mol. The molecule has 0 spiro atoms. The number of nitrogens with zero attached hydrogens (tertiary/aromatic N) is 2. The minimum Gasteiger partial charge on any atom is -0.316 e. The van der Waals surface area contributed by atoms with E-state index >= 15 is 0 Å². The van der Waals surface area contributed by atoms with Gasteiger partial charge in [-0.25, -0.2) is 9.97 Å². The Hall–Kier alpha value is -0.960. The van der Waals surface area contributed by atoms with Crippen molar-refractivity contribution in [3.63, 3.8) is 0 Å². The van der Waals surface area contributed by atoms with E-state index in [4.69, 9.17) is 9.97 Å². The van der Waals surface area contributed by atoms with Crippen LogP contribution in [0.2, 0.25) is 0 Å². The number of nitrogens with one attached hydrogen (secondary N) is 1. The Bertz CT molecular complexity index is 488. The zero-order valence-corrected chi connectivity index (χ0v) is 12.7. The van der Waals surface area contributed by atoms with Gasteiger partial charge in [0.05, 0.1) is 0 Å². The van der Waals surface area contributed by atoms with Crippen LogP contribution in [-0.2, 0) is 12.0 Å². The van der Waals surface area contributed by atoms with Crippen molar-refractivity contribution in [2.24, 2.45) is 17.8 Å². The Labute approximate surface area is 121 Å². The summed E-state index contributed by atoms with van der Waals surface area (Å²) in [5.74, 6) is 4.04. The fraction of sp³-hybridized carbons (Fsp3) is 0.765. The summed E-state index contributed by atoms with van der Waals surface area (Å²) in [6.07, 6.45) is 10.6. The van der Waals surface area contributed by atoms with E-state index in [2.05, 4.69) is 18.4 Å². The fourth-order valence-electron chi connectivity index (χ4n) is 5.50. The van der Waals surface area contributed by atoms with Crippen LogP contribution in [0.4, 0.5) is 0 Å². The Morgan fingerprint density at radius 1 is 1.15 bits per heavy atom. The molecule has 0 amide bonds. The third kappa shape index (κ3) is 1.90. The topological polar surface area (TPSA) is 37.8 Å². The van der Waals surface area contributed by atoms with Crippen LogP contribution in [0, 0.1) is 24.7 Å². The van der Waals surface area contributed by atoms with Crippen molar-refractivity contribution in [1.29, 1.82) is 0 Å². The fourth-order valence-corrected chi connectivity index (χ4v) is 5.50. The van der Waals surface area contributed by atoms with Crippen molar-refractivity contribution >= 4 is 0 Å². The Morgan fingerprint density at radius 3 is 2.25 bits per heavy atom. The predicted molar refractivity (Wildman–Crippen MR) is 79.4 cm³/mol. The molecule has 4 aliphatic rings. The summed E-state index contributed by atoms with van der Waals surface area (Å²) in [6, 6.07) is 0. The summed E-state index contributed by atoms with van der Waals surface area (Å²) in [6.45, 7) is 3.01. The highest BCUT2D eigenvalue weighted by molar-refractivity contribution is 5.22. The molecular formula is C17H25N3. The van der Waals surface area contributed by atoms with Crippen LogP contribution in [0.15, 0.2) is 6.20 Å². The lowest BCUT2D eigenvalue weighted by Gasteiger charge is -2.56.